The van der Waals surface area contributed by atoms with Gasteiger partial charge in [0.05, 0.1) is 6.20 Å². The van der Waals surface area contributed by atoms with Gasteiger partial charge < -0.3 is 16.2 Å². The van der Waals surface area contributed by atoms with Crippen molar-refractivity contribution in [1.29, 1.82) is 0 Å². The van der Waals surface area contributed by atoms with Gasteiger partial charge in [-0.25, -0.2) is 4.98 Å². The monoisotopic (exact) mass is 261 g/mol. The fraction of sp³-hybridized carbons (Fsp3) is 0.308. The molecule has 1 rings (SSSR count). The number of nitrogen functional groups attached to an aromatic ring is 2. The molecule has 0 radical (unpaired) electrons. The molecule has 0 spiro atoms. The van der Waals surface area contributed by atoms with Crippen molar-refractivity contribution in [3.8, 4) is 5.75 Å². The molecule has 1 aromatic heterocycles. The second-order valence-electron chi connectivity index (χ2n) is 4.15. The highest BCUT2D eigenvalue weighted by molar-refractivity contribution is 5.80. The number of nitrogens with two attached hydrogens (primary N) is 2. The van der Waals surface area contributed by atoms with E-state index >= 15 is 0 Å². The van der Waals surface area contributed by atoms with Crippen LogP contribution in [0.25, 0.3) is 0 Å². The smallest absolute Gasteiger partial charge is 0.222 e. The highest BCUT2D eigenvalue weighted by atomic mass is 16.5. The van der Waals surface area contributed by atoms with Crippen LogP contribution in [0.1, 0.15) is 13.8 Å². The van der Waals surface area contributed by atoms with Gasteiger partial charge in [0.25, 0.3) is 0 Å². The second kappa shape index (κ2) is 6.53. The van der Waals surface area contributed by atoms with Crippen LogP contribution in [-0.4, -0.2) is 23.2 Å². The third-order valence-corrected chi connectivity index (χ3v) is 2.38. The van der Waals surface area contributed by atoms with E-state index < -0.39 is 0 Å². The molecule has 0 aliphatic heterocycles. The first-order chi connectivity index (χ1) is 8.99. The molecule has 19 heavy (non-hydrogen) atoms. The Morgan fingerprint density at radius 2 is 2.16 bits per heavy atom. The average Bonchev–Trinajstić information content (AvgIpc) is 2.35. The van der Waals surface area contributed by atoms with E-state index in [1.807, 2.05) is 13.8 Å². The summed E-state index contributed by atoms with van der Waals surface area (Å²) in [7, 11) is 1.70. The Morgan fingerprint density at radius 3 is 2.63 bits per heavy atom. The molecule has 1 aromatic rings. The number of ether oxygens (including phenoxy) is 1. The van der Waals surface area contributed by atoms with Gasteiger partial charge in [-0.05, 0) is 12.0 Å². The Bertz CT molecular complexity index is 520. The first-order valence-electron chi connectivity index (χ1n) is 5.84. The lowest BCUT2D eigenvalue weighted by molar-refractivity contribution is 0.433. The van der Waals surface area contributed by atoms with Crippen LogP contribution in [-0.2, 0) is 0 Å². The summed E-state index contributed by atoms with van der Waals surface area (Å²) in [4.78, 5) is 11.7. The van der Waals surface area contributed by atoms with Crippen LogP contribution >= 0.6 is 0 Å². The molecular weight excluding hydrogens is 242 g/mol. The van der Waals surface area contributed by atoms with Crippen molar-refractivity contribution in [2.75, 3.05) is 18.5 Å². The summed E-state index contributed by atoms with van der Waals surface area (Å²) in [5.74, 6) is 1.43. The summed E-state index contributed by atoms with van der Waals surface area (Å²) in [6.07, 6.45) is 4.77. The zero-order valence-corrected chi connectivity index (χ0v) is 11.4. The van der Waals surface area contributed by atoms with Crippen molar-refractivity contribution in [2.45, 2.75) is 13.8 Å². The van der Waals surface area contributed by atoms with Crippen LogP contribution in [0.5, 0.6) is 5.75 Å². The van der Waals surface area contributed by atoms with Crippen LogP contribution in [0.3, 0.4) is 0 Å². The predicted molar refractivity (Wildman–Crippen MR) is 78.0 cm³/mol. The van der Waals surface area contributed by atoms with Crippen LogP contribution in [0.2, 0.25) is 0 Å². The van der Waals surface area contributed by atoms with E-state index in [4.69, 9.17) is 16.2 Å². The number of hydrogen-bond acceptors (Lipinski definition) is 6. The fourth-order valence-corrected chi connectivity index (χ4v) is 1.45. The molecule has 0 fully saturated rings. The van der Waals surface area contributed by atoms with Crippen LogP contribution in [0.15, 0.2) is 35.2 Å². The van der Waals surface area contributed by atoms with Crippen molar-refractivity contribution in [1.82, 2.24) is 9.97 Å². The highest BCUT2D eigenvalue weighted by Crippen LogP contribution is 2.23. The van der Waals surface area contributed by atoms with E-state index in [1.54, 1.807) is 19.3 Å². The quantitative estimate of drug-likeness (QED) is 0.478. The molecule has 0 aliphatic rings. The summed E-state index contributed by atoms with van der Waals surface area (Å²) in [6, 6.07) is 0. The lowest BCUT2D eigenvalue weighted by atomic mass is 10.0. The normalized spacial score (nSPS) is 12.6. The van der Waals surface area contributed by atoms with E-state index in [0.717, 1.165) is 5.57 Å². The van der Waals surface area contributed by atoms with Gasteiger partial charge in [-0.2, -0.15) is 4.98 Å². The van der Waals surface area contributed by atoms with Gasteiger partial charge in [-0.1, -0.05) is 20.4 Å². The predicted octanol–water partition coefficient (Wildman–Crippen LogP) is 1.82. The number of rotatable bonds is 5. The first-order valence-corrected chi connectivity index (χ1v) is 5.84. The standard InChI is InChI=1S/C13H19N5O/c1-5-10(9(6-16-4)8(2)3)19-11-7-17-13(15)18-12(11)14/h5-8H,1H2,2-4H3,(H4,14,15,17,18)/b10-9-,16-6?. The maximum atomic E-state index is 5.73. The molecule has 0 saturated heterocycles. The van der Waals surface area contributed by atoms with Crippen LogP contribution in [0, 0.1) is 5.92 Å². The Labute approximate surface area is 112 Å². The molecule has 0 aromatic carbocycles. The summed E-state index contributed by atoms with van der Waals surface area (Å²) in [5.41, 5.74) is 12.1. The van der Waals surface area contributed by atoms with Gasteiger partial charge in [0.2, 0.25) is 5.95 Å². The minimum atomic E-state index is 0.105. The Balaban J connectivity index is 3.17. The molecule has 0 aliphatic carbocycles. The van der Waals surface area contributed by atoms with E-state index in [0.29, 0.717) is 11.5 Å². The Morgan fingerprint density at radius 1 is 1.47 bits per heavy atom. The zero-order valence-electron chi connectivity index (χ0n) is 11.4. The SMILES string of the molecule is C=C/C(Oc1cnc(N)nc1N)=C(\C=NC)C(C)C. The van der Waals surface area contributed by atoms with Crippen molar-refractivity contribution >= 4 is 18.0 Å². The number of anilines is 2. The van der Waals surface area contributed by atoms with Crippen LogP contribution in [0.4, 0.5) is 11.8 Å². The summed E-state index contributed by atoms with van der Waals surface area (Å²) < 4.78 is 5.69. The van der Waals surface area contributed by atoms with E-state index in [9.17, 15) is 0 Å². The molecule has 0 bridgehead atoms. The highest BCUT2D eigenvalue weighted by Gasteiger charge is 2.11. The van der Waals surface area contributed by atoms with Gasteiger partial charge in [0.15, 0.2) is 11.6 Å². The van der Waals surface area contributed by atoms with Gasteiger partial charge >= 0.3 is 0 Å². The Hall–Kier alpha value is -2.37. The molecule has 0 atom stereocenters. The molecule has 6 nitrogen and oxygen atoms in total. The molecule has 6 heteroatoms. The summed E-state index contributed by atoms with van der Waals surface area (Å²) in [6.45, 7) is 7.81. The lowest BCUT2D eigenvalue weighted by Crippen LogP contribution is -2.08. The maximum absolute atomic E-state index is 5.73. The van der Waals surface area contributed by atoms with E-state index in [1.165, 1.54) is 6.20 Å². The summed E-state index contributed by atoms with van der Waals surface area (Å²) >= 11 is 0. The van der Waals surface area contributed by atoms with Crippen molar-refractivity contribution < 1.29 is 4.74 Å². The van der Waals surface area contributed by atoms with Gasteiger partial charge in [-0.15, -0.1) is 0 Å². The van der Waals surface area contributed by atoms with Gasteiger partial charge in [0, 0.05) is 18.8 Å². The average molecular weight is 261 g/mol. The lowest BCUT2D eigenvalue weighted by Gasteiger charge is -2.14. The fourth-order valence-electron chi connectivity index (χ4n) is 1.45. The third kappa shape index (κ3) is 3.80. The maximum Gasteiger partial charge on any atom is 0.222 e. The minimum absolute atomic E-state index is 0.105. The number of nitrogens with zero attached hydrogens (tertiary/aromatic N) is 3. The molecule has 0 saturated carbocycles. The second-order valence-corrected chi connectivity index (χ2v) is 4.15. The zero-order chi connectivity index (χ0) is 14.4. The molecule has 1 heterocycles. The Kier molecular flexibility index (Phi) is 5.05. The van der Waals surface area contributed by atoms with E-state index in [-0.39, 0.29) is 17.7 Å². The molecule has 0 amide bonds. The molecular formula is C13H19N5O. The van der Waals surface area contributed by atoms with Crippen LogP contribution < -0.4 is 16.2 Å². The minimum Gasteiger partial charge on any atom is -0.452 e. The van der Waals surface area contributed by atoms with E-state index in [2.05, 4.69) is 21.5 Å². The molecule has 4 N–H and O–H groups in total. The van der Waals surface area contributed by atoms with Gasteiger partial charge in [-0.3, -0.25) is 4.99 Å². The van der Waals surface area contributed by atoms with Crippen molar-refractivity contribution in [3.05, 3.63) is 30.2 Å². The van der Waals surface area contributed by atoms with Crippen molar-refractivity contribution in [2.24, 2.45) is 10.9 Å². The van der Waals surface area contributed by atoms with Gasteiger partial charge in [0.1, 0.15) is 5.76 Å². The number of aliphatic imine (C=N–C) groups is 1. The molecule has 102 valence electrons. The topological polar surface area (TPSA) is 99.4 Å². The first kappa shape index (κ1) is 14.7. The largest absolute Gasteiger partial charge is 0.452 e. The summed E-state index contributed by atoms with van der Waals surface area (Å²) in [5, 5.41) is 0. The third-order valence-electron chi connectivity index (χ3n) is 2.38. The van der Waals surface area contributed by atoms with Crippen molar-refractivity contribution in [3.63, 3.8) is 0 Å². The number of aromatic nitrogens is 2. The number of allylic oxidation sites excluding steroid dienone is 2. The molecule has 0 unspecified atom stereocenters. The number of hydrogen-bond donors (Lipinski definition) is 2.